The van der Waals surface area contributed by atoms with Gasteiger partial charge in [-0.2, -0.15) is 0 Å². The van der Waals surface area contributed by atoms with Gasteiger partial charge in [-0.05, 0) is 48.4 Å². The van der Waals surface area contributed by atoms with Crippen LogP contribution in [0.2, 0.25) is 0 Å². The molecule has 1 saturated heterocycles. The van der Waals surface area contributed by atoms with Gasteiger partial charge in [-0.1, -0.05) is 57.2 Å². The van der Waals surface area contributed by atoms with Crippen LogP contribution in [0.3, 0.4) is 0 Å². The van der Waals surface area contributed by atoms with Crippen LogP contribution in [0.4, 0.5) is 5.69 Å². The molecule has 1 amide bonds. The minimum atomic E-state index is -0.971. The molecule has 164 valence electrons. The summed E-state index contributed by atoms with van der Waals surface area (Å²) in [5.74, 6) is -1.08. The molecule has 2 aromatic carbocycles. The van der Waals surface area contributed by atoms with Gasteiger partial charge in [0.15, 0.2) is 0 Å². The quantitative estimate of drug-likeness (QED) is 0.652. The normalized spacial score (nSPS) is 16.1. The third-order valence-electron chi connectivity index (χ3n) is 5.68. The van der Waals surface area contributed by atoms with Crippen LogP contribution in [0.1, 0.15) is 61.5 Å². The van der Waals surface area contributed by atoms with E-state index in [-0.39, 0.29) is 23.3 Å². The molecule has 1 heterocycles. The van der Waals surface area contributed by atoms with Crippen molar-refractivity contribution in [3.05, 3.63) is 71.3 Å². The fourth-order valence-corrected chi connectivity index (χ4v) is 4.18. The summed E-state index contributed by atoms with van der Waals surface area (Å²) in [6, 6.07) is 14.7. The zero-order valence-corrected chi connectivity index (χ0v) is 18.6. The van der Waals surface area contributed by atoms with Gasteiger partial charge in [0.1, 0.15) is 0 Å². The highest BCUT2D eigenvalue weighted by Gasteiger charge is 2.28. The molecule has 0 atom stereocenters. The number of nitrogens with zero attached hydrogens (tertiary/aromatic N) is 1. The minimum absolute atomic E-state index is 0.114. The maximum atomic E-state index is 12.8. The number of carbonyl (C=O) groups is 2. The predicted octanol–water partition coefficient (Wildman–Crippen LogP) is 5.12. The van der Waals surface area contributed by atoms with Crippen molar-refractivity contribution in [2.45, 2.75) is 46.5 Å². The molecule has 0 spiro atoms. The van der Waals surface area contributed by atoms with E-state index in [1.165, 1.54) is 18.6 Å². The molecule has 1 aliphatic heterocycles. The van der Waals surface area contributed by atoms with Gasteiger partial charge in [-0.15, -0.1) is 0 Å². The predicted molar refractivity (Wildman–Crippen MR) is 125 cm³/mol. The second kappa shape index (κ2) is 9.82. The van der Waals surface area contributed by atoms with Gasteiger partial charge in [0.05, 0.1) is 12.0 Å². The highest BCUT2D eigenvalue weighted by molar-refractivity contribution is 5.91. The molecule has 31 heavy (non-hydrogen) atoms. The summed E-state index contributed by atoms with van der Waals surface area (Å²) in [5.41, 5.74) is 4.29. The van der Waals surface area contributed by atoms with E-state index in [1.54, 1.807) is 12.1 Å². The van der Waals surface area contributed by atoms with Crippen LogP contribution in [0.15, 0.2) is 54.6 Å². The first-order valence-corrected chi connectivity index (χ1v) is 11.0. The number of benzene rings is 2. The first kappa shape index (κ1) is 22.6. The molecule has 0 aromatic heterocycles. The van der Waals surface area contributed by atoms with Crippen molar-refractivity contribution < 1.29 is 14.7 Å². The highest BCUT2D eigenvalue weighted by atomic mass is 16.4. The van der Waals surface area contributed by atoms with E-state index < -0.39 is 5.97 Å². The lowest BCUT2D eigenvalue weighted by atomic mass is 9.83. The van der Waals surface area contributed by atoms with Gasteiger partial charge in [0.25, 0.3) is 0 Å². The lowest BCUT2D eigenvalue weighted by molar-refractivity contribution is -0.119. The van der Waals surface area contributed by atoms with Gasteiger partial charge < -0.3 is 15.3 Å². The summed E-state index contributed by atoms with van der Waals surface area (Å²) in [5, 5.41) is 12.1. The molecule has 0 bridgehead atoms. The number of anilines is 1. The number of amides is 1. The fourth-order valence-electron chi connectivity index (χ4n) is 4.18. The number of carboxylic acid groups (broad SMARTS) is 1. The van der Waals surface area contributed by atoms with Gasteiger partial charge in [-0.3, -0.25) is 4.79 Å². The van der Waals surface area contributed by atoms with Crippen LogP contribution in [-0.4, -0.2) is 30.1 Å². The Bertz CT molecular complexity index is 961. The number of carbonyl (C=O) groups excluding carboxylic acids is 1. The molecule has 0 unspecified atom stereocenters. The van der Waals surface area contributed by atoms with E-state index >= 15 is 0 Å². The van der Waals surface area contributed by atoms with Crippen LogP contribution in [0.5, 0.6) is 0 Å². The van der Waals surface area contributed by atoms with Gasteiger partial charge >= 0.3 is 5.97 Å². The summed E-state index contributed by atoms with van der Waals surface area (Å²) in [7, 11) is 0. The van der Waals surface area contributed by atoms with Crippen LogP contribution in [-0.2, 0) is 11.2 Å². The Balaban J connectivity index is 1.79. The van der Waals surface area contributed by atoms with Crippen molar-refractivity contribution in [1.29, 1.82) is 0 Å². The van der Waals surface area contributed by atoms with Crippen molar-refractivity contribution in [2.24, 2.45) is 5.41 Å². The zero-order valence-electron chi connectivity index (χ0n) is 18.6. The Morgan fingerprint density at radius 2 is 1.84 bits per heavy atom. The number of nitrogens with one attached hydrogen (secondary N) is 1. The molecular weight excluding hydrogens is 388 g/mol. The molecule has 1 aliphatic rings. The van der Waals surface area contributed by atoms with E-state index in [1.807, 2.05) is 6.07 Å². The number of piperidine rings is 1. The smallest absolute Gasteiger partial charge is 0.335 e. The minimum Gasteiger partial charge on any atom is -0.478 e. The van der Waals surface area contributed by atoms with E-state index in [0.717, 1.165) is 48.4 Å². The van der Waals surface area contributed by atoms with Gasteiger partial charge in [0, 0.05) is 30.0 Å². The lowest BCUT2D eigenvalue weighted by Crippen LogP contribution is -2.40. The Morgan fingerprint density at radius 3 is 2.48 bits per heavy atom. The molecule has 5 nitrogen and oxygen atoms in total. The Kier molecular flexibility index (Phi) is 7.16. The number of carboxylic acids is 1. The van der Waals surface area contributed by atoms with Crippen LogP contribution >= 0.6 is 0 Å². The zero-order chi connectivity index (χ0) is 22.4. The standard InChI is InChI=1S/C26H32N2O3/c1-4-8-22(27-24(29)17-19-11-13-20(14-12-19)25(30)31)21-9-5-6-10-23(21)28-16-7-15-26(2,3)18-28/h5-6,8-14H,4,7,15-18H2,1-3H3,(H,27,29)(H,30,31)/b22-8-. The molecule has 0 aliphatic carbocycles. The van der Waals surface area contributed by atoms with Crippen LogP contribution in [0.25, 0.3) is 5.70 Å². The third-order valence-corrected chi connectivity index (χ3v) is 5.68. The van der Waals surface area contributed by atoms with E-state index in [0.29, 0.717) is 0 Å². The SMILES string of the molecule is CC/C=C(\NC(=O)Cc1ccc(C(=O)O)cc1)c1ccccc1N1CCCC(C)(C)C1. The van der Waals surface area contributed by atoms with Crippen molar-refractivity contribution >= 4 is 23.3 Å². The summed E-state index contributed by atoms with van der Waals surface area (Å²) >= 11 is 0. The fraction of sp³-hybridized carbons (Fsp3) is 0.385. The number of hydrogen-bond donors (Lipinski definition) is 2. The van der Waals surface area contributed by atoms with Crippen LogP contribution in [0, 0.1) is 5.41 Å². The Hall–Kier alpha value is -3.08. The molecule has 3 rings (SSSR count). The topological polar surface area (TPSA) is 69.6 Å². The van der Waals surface area contributed by atoms with Crippen molar-refractivity contribution in [3.8, 4) is 0 Å². The number of allylic oxidation sites excluding steroid dienone is 1. The number of para-hydroxylation sites is 1. The monoisotopic (exact) mass is 420 g/mol. The maximum Gasteiger partial charge on any atom is 0.335 e. The second-order valence-electron chi connectivity index (χ2n) is 8.96. The summed E-state index contributed by atoms with van der Waals surface area (Å²) < 4.78 is 0. The van der Waals surface area contributed by atoms with Crippen molar-refractivity contribution in [1.82, 2.24) is 5.32 Å². The number of aromatic carboxylic acids is 1. The second-order valence-corrected chi connectivity index (χ2v) is 8.96. The van der Waals surface area contributed by atoms with Crippen molar-refractivity contribution in [3.63, 3.8) is 0 Å². The lowest BCUT2D eigenvalue weighted by Gasteiger charge is -2.40. The summed E-state index contributed by atoms with van der Waals surface area (Å²) in [6.45, 7) is 8.68. The van der Waals surface area contributed by atoms with E-state index in [2.05, 4.69) is 55.3 Å². The highest BCUT2D eigenvalue weighted by Crippen LogP contribution is 2.34. The number of hydrogen-bond acceptors (Lipinski definition) is 3. The molecule has 2 aromatic rings. The maximum absolute atomic E-state index is 12.8. The average molecular weight is 421 g/mol. The Morgan fingerprint density at radius 1 is 1.13 bits per heavy atom. The Labute approximate surface area is 184 Å². The van der Waals surface area contributed by atoms with Gasteiger partial charge in [0.2, 0.25) is 5.91 Å². The molecule has 5 heteroatoms. The first-order chi connectivity index (χ1) is 14.8. The van der Waals surface area contributed by atoms with Crippen LogP contribution < -0.4 is 10.2 Å². The molecule has 2 N–H and O–H groups in total. The largest absolute Gasteiger partial charge is 0.478 e. The first-order valence-electron chi connectivity index (χ1n) is 11.0. The van der Waals surface area contributed by atoms with Gasteiger partial charge in [-0.25, -0.2) is 4.79 Å². The van der Waals surface area contributed by atoms with E-state index in [4.69, 9.17) is 5.11 Å². The summed E-state index contributed by atoms with van der Waals surface area (Å²) in [4.78, 5) is 26.2. The summed E-state index contributed by atoms with van der Waals surface area (Å²) in [6.07, 6.45) is 5.44. The molecule has 1 fully saturated rings. The third kappa shape index (κ3) is 5.97. The average Bonchev–Trinajstić information content (AvgIpc) is 2.73. The molecule has 0 saturated carbocycles. The van der Waals surface area contributed by atoms with Crippen molar-refractivity contribution in [2.75, 3.05) is 18.0 Å². The van der Waals surface area contributed by atoms with E-state index in [9.17, 15) is 9.59 Å². The number of rotatable bonds is 7. The molecule has 0 radical (unpaired) electrons. The molecular formula is C26H32N2O3.